The van der Waals surface area contributed by atoms with E-state index in [1.54, 1.807) is 7.11 Å². The van der Waals surface area contributed by atoms with Crippen molar-refractivity contribution in [2.24, 2.45) is 0 Å². The second-order valence-electron chi connectivity index (χ2n) is 8.88. The van der Waals surface area contributed by atoms with Gasteiger partial charge in [0.15, 0.2) is 0 Å². The molecular weight excluding hydrogens is 412 g/mol. The van der Waals surface area contributed by atoms with Crippen molar-refractivity contribution in [1.82, 2.24) is 19.7 Å². The Hall–Kier alpha value is -3.54. The average molecular weight is 443 g/mol. The van der Waals surface area contributed by atoms with Gasteiger partial charge in [0.1, 0.15) is 5.75 Å². The Morgan fingerprint density at radius 1 is 1.12 bits per heavy atom. The van der Waals surface area contributed by atoms with Gasteiger partial charge in [-0.05, 0) is 68.5 Å². The molecule has 0 saturated carbocycles. The lowest BCUT2D eigenvalue weighted by Crippen LogP contribution is -2.38. The smallest absolute Gasteiger partial charge is 0.227 e. The van der Waals surface area contributed by atoms with E-state index in [-0.39, 0.29) is 5.91 Å². The molecule has 3 heterocycles. The lowest BCUT2D eigenvalue weighted by atomic mass is 9.89. The fraction of sp³-hybridized carbons (Fsp3) is 0.333. The lowest BCUT2D eigenvalue weighted by molar-refractivity contribution is -0.131. The number of piperidine rings is 1. The van der Waals surface area contributed by atoms with Gasteiger partial charge >= 0.3 is 0 Å². The summed E-state index contributed by atoms with van der Waals surface area (Å²) < 4.78 is 7.35. The van der Waals surface area contributed by atoms with E-state index in [9.17, 15) is 4.79 Å². The predicted molar refractivity (Wildman–Crippen MR) is 130 cm³/mol. The van der Waals surface area contributed by atoms with Gasteiger partial charge in [0.05, 0.1) is 24.9 Å². The Kier molecular flexibility index (Phi) is 5.67. The molecule has 1 fully saturated rings. The van der Waals surface area contributed by atoms with E-state index in [1.165, 1.54) is 10.9 Å². The molecular formula is C27H30N4O2. The average Bonchev–Trinajstić information content (AvgIpc) is 3.40. The molecule has 0 aliphatic carbocycles. The molecule has 5 rings (SSSR count). The predicted octanol–water partition coefficient (Wildman–Crippen LogP) is 4.93. The molecule has 1 aliphatic heterocycles. The van der Waals surface area contributed by atoms with Crippen molar-refractivity contribution >= 4 is 16.8 Å². The first-order valence-electron chi connectivity index (χ1n) is 11.6. The molecule has 0 bridgehead atoms. The van der Waals surface area contributed by atoms with Gasteiger partial charge in [-0.3, -0.25) is 4.79 Å². The fourth-order valence-corrected chi connectivity index (χ4v) is 5.04. The van der Waals surface area contributed by atoms with Gasteiger partial charge in [-0.15, -0.1) is 0 Å². The third-order valence-corrected chi connectivity index (χ3v) is 6.98. The first kappa shape index (κ1) is 21.3. The van der Waals surface area contributed by atoms with Crippen LogP contribution in [0.1, 0.15) is 41.3 Å². The Bertz CT molecular complexity index is 1280. The summed E-state index contributed by atoms with van der Waals surface area (Å²) in [5.41, 5.74) is 6.47. The maximum atomic E-state index is 13.2. The Balaban J connectivity index is 1.27. The van der Waals surface area contributed by atoms with Crippen molar-refractivity contribution < 1.29 is 9.53 Å². The third kappa shape index (κ3) is 4.01. The highest BCUT2D eigenvalue weighted by molar-refractivity contribution is 5.85. The van der Waals surface area contributed by atoms with Crippen LogP contribution in [0.3, 0.4) is 0 Å². The van der Waals surface area contributed by atoms with Crippen molar-refractivity contribution in [2.75, 3.05) is 20.2 Å². The number of nitrogens with zero attached hydrogens (tertiary/aromatic N) is 3. The number of aromatic amines is 1. The molecule has 4 aromatic rings. The minimum Gasteiger partial charge on any atom is -0.497 e. The molecule has 6 nitrogen and oxygen atoms in total. The van der Waals surface area contributed by atoms with Crippen LogP contribution >= 0.6 is 0 Å². The molecule has 0 unspecified atom stereocenters. The molecule has 2 aromatic carbocycles. The highest BCUT2D eigenvalue weighted by atomic mass is 16.5. The van der Waals surface area contributed by atoms with Crippen LogP contribution in [0.25, 0.3) is 16.6 Å². The van der Waals surface area contributed by atoms with Crippen molar-refractivity contribution in [1.29, 1.82) is 0 Å². The number of carbonyl (C=O) groups is 1. The van der Waals surface area contributed by atoms with Crippen LogP contribution in [0.5, 0.6) is 5.75 Å². The van der Waals surface area contributed by atoms with Gasteiger partial charge < -0.3 is 14.6 Å². The van der Waals surface area contributed by atoms with Crippen molar-refractivity contribution in [3.63, 3.8) is 0 Å². The SMILES string of the molecule is COc1ccc2[nH]cc(C3CCN(C(=O)Cc4c(C)nn(-c5ccccc5)c4C)CC3)c2c1. The van der Waals surface area contributed by atoms with Crippen molar-refractivity contribution in [2.45, 2.75) is 39.0 Å². The van der Waals surface area contributed by atoms with Crippen LogP contribution in [0.15, 0.2) is 54.7 Å². The second-order valence-corrected chi connectivity index (χ2v) is 8.88. The van der Waals surface area contributed by atoms with E-state index in [0.29, 0.717) is 12.3 Å². The van der Waals surface area contributed by atoms with Crippen LogP contribution in [0, 0.1) is 13.8 Å². The van der Waals surface area contributed by atoms with Crippen LogP contribution < -0.4 is 4.74 Å². The Morgan fingerprint density at radius 2 is 1.88 bits per heavy atom. The first-order valence-corrected chi connectivity index (χ1v) is 11.6. The summed E-state index contributed by atoms with van der Waals surface area (Å²) in [6.45, 7) is 5.61. The number of H-pyrrole nitrogens is 1. The first-order chi connectivity index (χ1) is 16.0. The highest BCUT2D eigenvalue weighted by Gasteiger charge is 2.27. The summed E-state index contributed by atoms with van der Waals surface area (Å²) in [6, 6.07) is 16.2. The quantitative estimate of drug-likeness (QED) is 0.477. The zero-order valence-electron chi connectivity index (χ0n) is 19.5. The standard InChI is InChI=1S/C27H30N4O2/c1-18-23(19(2)31(29-18)21-7-5-4-6-8-21)16-27(32)30-13-11-20(12-14-30)25-17-28-26-10-9-22(33-3)15-24(25)26/h4-10,15,17,20,28H,11-14,16H2,1-3H3. The van der Waals surface area contributed by atoms with E-state index in [2.05, 4.69) is 23.3 Å². The van der Waals surface area contributed by atoms with Crippen LogP contribution in [-0.4, -0.2) is 45.8 Å². The lowest BCUT2D eigenvalue weighted by Gasteiger charge is -2.32. The number of nitrogens with one attached hydrogen (secondary N) is 1. The molecule has 170 valence electrons. The van der Waals surface area contributed by atoms with Gasteiger partial charge in [0.25, 0.3) is 0 Å². The number of hydrogen-bond donors (Lipinski definition) is 1. The van der Waals surface area contributed by atoms with Crippen molar-refractivity contribution in [3.05, 3.63) is 77.2 Å². The molecule has 6 heteroatoms. The van der Waals surface area contributed by atoms with Crippen LogP contribution in [0.4, 0.5) is 0 Å². The number of amides is 1. The number of para-hydroxylation sites is 1. The van der Waals surface area contributed by atoms with Gasteiger partial charge in [-0.25, -0.2) is 4.68 Å². The summed E-state index contributed by atoms with van der Waals surface area (Å²) in [4.78, 5) is 18.6. The number of hydrogen-bond acceptors (Lipinski definition) is 3. The molecule has 1 aliphatic rings. The molecule has 1 amide bonds. The summed E-state index contributed by atoms with van der Waals surface area (Å²) in [7, 11) is 1.70. The van der Waals surface area contributed by atoms with Gasteiger partial charge in [-0.2, -0.15) is 5.10 Å². The Labute approximate surface area is 194 Å². The number of carbonyl (C=O) groups excluding carboxylic acids is 1. The number of aryl methyl sites for hydroxylation is 1. The maximum absolute atomic E-state index is 13.2. The van der Waals surface area contributed by atoms with Gasteiger partial charge in [-0.1, -0.05) is 18.2 Å². The van der Waals surface area contributed by atoms with E-state index >= 15 is 0 Å². The highest BCUT2D eigenvalue weighted by Crippen LogP contribution is 2.35. The minimum absolute atomic E-state index is 0.188. The number of likely N-dealkylation sites (tertiary alicyclic amines) is 1. The number of aromatic nitrogens is 3. The topological polar surface area (TPSA) is 63.1 Å². The largest absolute Gasteiger partial charge is 0.497 e. The third-order valence-electron chi connectivity index (χ3n) is 6.98. The van der Waals surface area contributed by atoms with Crippen LogP contribution in [-0.2, 0) is 11.2 Å². The number of methoxy groups -OCH3 is 1. The number of ether oxygens (including phenoxy) is 1. The van der Waals surface area contributed by atoms with E-state index in [0.717, 1.165) is 59.8 Å². The molecule has 33 heavy (non-hydrogen) atoms. The normalized spacial score (nSPS) is 14.7. The summed E-state index contributed by atoms with van der Waals surface area (Å²) >= 11 is 0. The summed E-state index contributed by atoms with van der Waals surface area (Å²) in [5.74, 6) is 1.50. The molecule has 0 atom stereocenters. The van der Waals surface area contributed by atoms with E-state index < -0.39 is 0 Å². The van der Waals surface area contributed by atoms with Gasteiger partial charge in [0, 0.05) is 41.4 Å². The maximum Gasteiger partial charge on any atom is 0.227 e. The zero-order valence-corrected chi connectivity index (χ0v) is 19.5. The van der Waals surface area contributed by atoms with E-state index in [4.69, 9.17) is 9.84 Å². The minimum atomic E-state index is 0.188. The van der Waals surface area contributed by atoms with E-state index in [1.807, 2.05) is 59.8 Å². The van der Waals surface area contributed by atoms with Crippen LogP contribution in [0.2, 0.25) is 0 Å². The fourth-order valence-electron chi connectivity index (χ4n) is 5.04. The summed E-state index contributed by atoms with van der Waals surface area (Å²) in [6.07, 6.45) is 4.46. The second kappa shape index (κ2) is 8.77. The zero-order chi connectivity index (χ0) is 22.9. The number of rotatable bonds is 5. The Morgan fingerprint density at radius 3 is 2.61 bits per heavy atom. The molecule has 0 radical (unpaired) electrons. The number of fused-ring (bicyclic) bond motifs is 1. The molecule has 2 aromatic heterocycles. The molecule has 0 spiro atoms. The summed E-state index contributed by atoms with van der Waals surface area (Å²) in [5, 5.41) is 5.92. The number of benzene rings is 2. The molecule has 1 N–H and O–H groups in total. The monoisotopic (exact) mass is 442 g/mol. The van der Waals surface area contributed by atoms with Crippen molar-refractivity contribution in [3.8, 4) is 11.4 Å². The van der Waals surface area contributed by atoms with Gasteiger partial charge in [0.2, 0.25) is 5.91 Å². The molecule has 1 saturated heterocycles.